The van der Waals surface area contributed by atoms with Crippen LogP contribution in [0.15, 0.2) is 49.2 Å². The van der Waals surface area contributed by atoms with Crippen LogP contribution in [0, 0.1) is 0 Å². The predicted molar refractivity (Wildman–Crippen MR) is 88.7 cm³/mol. The van der Waals surface area contributed by atoms with Gasteiger partial charge in [-0.05, 0) is 18.2 Å². The first-order valence-corrected chi connectivity index (χ1v) is 8.05. The van der Waals surface area contributed by atoms with Gasteiger partial charge in [-0.3, -0.25) is 9.35 Å². The van der Waals surface area contributed by atoms with E-state index in [0.29, 0.717) is 11.3 Å². The molecule has 0 saturated heterocycles. The molecule has 0 aromatic heterocycles. The highest BCUT2D eigenvalue weighted by molar-refractivity contribution is 7.86. The van der Waals surface area contributed by atoms with Crippen LogP contribution in [-0.2, 0) is 14.9 Å². The molecule has 0 unspecified atom stereocenters. The molecule has 1 amide bonds. The zero-order valence-corrected chi connectivity index (χ0v) is 12.9. The van der Waals surface area contributed by atoms with Crippen LogP contribution in [0.3, 0.4) is 0 Å². The van der Waals surface area contributed by atoms with E-state index in [0.717, 1.165) is 0 Å². The van der Waals surface area contributed by atoms with Crippen LogP contribution in [0.25, 0.3) is 0 Å². The number of nitrogens with two attached hydrogens (primary N) is 2. The van der Waals surface area contributed by atoms with Gasteiger partial charge in [-0.2, -0.15) is 18.4 Å². The highest BCUT2D eigenvalue weighted by Gasteiger charge is 2.27. The number of aliphatic imine (C=N–C) groups is 3. The van der Waals surface area contributed by atoms with Crippen molar-refractivity contribution in [3.63, 3.8) is 0 Å². The first-order chi connectivity index (χ1) is 11.3. The highest BCUT2D eigenvalue weighted by Crippen LogP contribution is 2.24. The number of carbonyl (C=O) groups excluding carboxylic acids is 1. The lowest BCUT2D eigenvalue weighted by Gasteiger charge is -2.11. The maximum absolute atomic E-state index is 11.9. The largest absolute Gasteiger partial charge is 0.398 e. The quantitative estimate of drug-likeness (QED) is 0.421. The molecule has 124 valence electrons. The van der Waals surface area contributed by atoms with Gasteiger partial charge in [0.1, 0.15) is 4.90 Å². The first kappa shape index (κ1) is 15.8. The summed E-state index contributed by atoms with van der Waals surface area (Å²) >= 11 is 0. The molecule has 24 heavy (non-hydrogen) atoms. The number of fused-ring (bicyclic) bond motifs is 1. The summed E-state index contributed by atoms with van der Waals surface area (Å²) < 4.78 is 31.7. The molecule has 2 heterocycles. The molecule has 0 aliphatic carbocycles. The van der Waals surface area contributed by atoms with Crippen molar-refractivity contribution in [2.45, 2.75) is 4.90 Å². The molecule has 2 aliphatic heterocycles. The smallest absolute Gasteiger partial charge is 0.296 e. The maximum Gasteiger partial charge on any atom is 0.296 e. The summed E-state index contributed by atoms with van der Waals surface area (Å²) in [6.45, 7) is 0.161. The van der Waals surface area contributed by atoms with Crippen LogP contribution in [0.4, 0.5) is 11.4 Å². The van der Waals surface area contributed by atoms with E-state index in [9.17, 15) is 13.2 Å². The number of guanidine groups is 1. The van der Waals surface area contributed by atoms with E-state index in [1.165, 1.54) is 24.4 Å². The van der Waals surface area contributed by atoms with Gasteiger partial charge in [0.2, 0.25) is 5.96 Å². The number of amidine groups is 1. The summed E-state index contributed by atoms with van der Waals surface area (Å²) in [7, 11) is -4.44. The Balaban J connectivity index is 1.84. The second-order valence-corrected chi connectivity index (χ2v) is 6.34. The third-order valence-electron chi connectivity index (χ3n) is 3.31. The Labute approximate surface area is 136 Å². The standard InChI is InChI=1S/C13H12N6O4S/c14-8-2-1-7(3-9(8)24(21,22)23)16-4-6-5-17-11-10(6)12(20)19-13(15)18-11/h1-3,5,16H,4,14H2,(H2,15,19,20)(H,21,22,23). The number of nitrogen functional groups attached to an aromatic ring is 1. The summed E-state index contributed by atoms with van der Waals surface area (Å²) in [6, 6.07) is 4.07. The molecule has 2 aliphatic rings. The molecule has 0 spiro atoms. The SMILES string of the molecule is NC1=NC(=O)C2=C(CNc3ccc(N)c(S(=O)(=O)O)c3)C=NC2=N1. The second kappa shape index (κ2) is 5.54. The van der Waals surface area contributed by atoms with Crippen molar-refractivity contribution in [2.75, 3.05) is 17.6 Å². The Kier molecular flexibility index (Phi) is 3.66. The molecule has 1 aromatic rings. The van der Waals surface area contributed by atoms with E-state index in [1.54, 1.807) is 0 Å². The number of anilines is 2. The van der Waals surface area contributed by atoms with Crippen LogP contribution < -0.4 is 16.8 Å². The molecule has 0 radical (unpaired) electrons. The monoisotopic (exact) mass is 348 g/mol. The van der Waals surface area contributed by atoms with E-state index >= 15 is 0 Å². The predicted octanol–water partition coefficient (Wildman–Crippen LogP) is -0.438. The molecule has 6 N–H and O–H groups in total. The zero-order valence-electron chi connectivity index (χ0n) is 12.1. The van der Waals surface area contributed by atoms with Crippen molar-refractivity contribution in [3.8, 4) is 0 Å². The molecule has 3 rings (SSSR count). The number of rotatable bonds is 4. The van der Waals surface area contributed by atoms with E-state index in [2.05, 4.69) is 20.3 Å². The van der Waals surface area contributed by atoms with E-state index in [1.807, 2.05) is 0 Å². The minimum absolute atomic E-state index is 0.0748. The second-order valence-electron chi connectivity index (χ2n) is 4.95. The lowest BCUT2D eigenvalue weighted by atomic mass is 10.1. The number of nitrogens with zero attached hydrogens (tertiary/aromatic N) is 3. The highest BCUT2D eigenvalue weighted by atomic mass is 32.2. The van der Waals surface area contributed by atoms with Crippen LogP contribution in [-0.4, -0.2) is 43.4 Å². The van der Waals surface area contributed by atoms with Crippen molar-refractivity contribution < 1.29 is 17.8 Å². The lowest BCUT2D eigenvalue weighted by molar-refractivity contribution is -0.113. The molecule has 11 heteroatoms. The molecule has 1 aromatic carbocycles. The molecular weight excluding hydrogens is 336 g/mol. The Morgan fingerprint density at radius 1 is 1.21 bits per heavy atom. The van der Waals surface area contributed by atoms with Crippen molar-refractivity contribution >= 4 is 45.4 Å². The average Bonchev–Trinajstić information content (AvgIpc) is 2.88. The Hall–Kier alpha value is -3.05. The van der Waals surface area contributed by atoms with Gasteiger partial charge in [-0.25, -0.2) is 4.99 Å². The van der Waals surface area contributed by atoms with Gasteiger partial charge in [-0.1, -0.05) is 0 Å². The molecule has 0 bridgehead atoms. The van der Waals surface area contributed by atoms with E-state index in [-0.39, 0.29) is 29.6 Å². The number of hydrogen-bond acceptors (Lipinski definition) is 8. The number of nitrogens with one attached hydrogen (secondary N) is 1. The first-order valence-electron chi connectivity index (χ1n) is 6.61. The third kappa shape index (κ3) is 2.89. The number of benzene rings is 1. The average molecular weight is 348 g/mol. The fourth-order valence-corrected chi connectivity index (χ4v) is 2.86. The minimum atomic E-state index is -4.44. The Bertz CT molecular complexity index is 974. The van der Waals surface area contributed by atoms with E-state index in [4.69, 9.17) is 16.0 Å². The van der Waals surface area contributed by atoms with Gasteiger partial charge in [0.15, 0.2) is 5.84 Å². The summed E-state index contributed by atoms with van der Waals surface area (Å²) in [5.41, 5.74) is 12.0. The zero-order chi connectivity index (χ0) is 17.5. The molecule has 0 atom stereocenters. The number of hydrogen-bond donors (Lipinski definition) is 4. The van der Waals surface area contributed by atoms with Gasteiger partial charge < -0.3 is 16.8 Å². The molecule has 0 fully saturated rings. The molecule has 10 nitrogen and oxygen atoms in total. The Morgan fingerprint density at radius 2 is 1.96 bits per heavy atom. The third-order valence-corrected chi connectivity index (χ3v) is 4.22. The normalized spacial score (nSPS) is 16.8. The van der Waals surface area contributed by atoms with Gasteiger partial charge in [0.05, 0.1) is 11.3 Å². The van der Waals surface area contributed by atoms with Crippen LogP contribution >= 0.6 is 0 Å². The van der Waals surface area contributed by atoms with Gasteiger partial charge in [0.25, 0.3) is 16.0 Å². The minimum Gasteiger partial charge on any atom is -0.398 e. The van der Waals surface area contributed by atoms with Crippen molar-refractivity contribution in [1.29, 1.82) is 0 Å². The lowest BCUT2D eigenvalue weighted by Crippen LogP contribution is -2.23. The van der Waals surface area contributed by atoms with Crippen molar-refractivity contribution in [2.24, 2.45) is 20.7 Å². The summed E-state index contributed by atoms with van der Waals surface area (Å²) in [4.78, 5) is 22.9. The van der Waals surface area contributed by atoms with Gasteiger partial charge in [0, 0.05) is 24.0 Å². The summed E-state index contributed by atoms with van der Waals surface area (Å²) in [6.07, 6.45) is 1.45. The fourth-order valence-electron chi connectivity index (χ4n) is 2.22. The molecular formula is C13H12N6O4S. The molecule has 0 saturated carbocycles. The van der Waals surface area contributed by atoms with Gasteiger partial charge >= 0.3 is 0 Å². The van der Waals surface area contributed by atoms with Crippen molar-refractivity contribution in [3.05, 3.63) is 29.3 Å². The fraction of sp³-hybridized carbons (Fsp3) is 0.0769. The summed E-state index contributed by atoms with van der Waals surface area (Å²) in [5, 5.41) is 2.92. The topological polar surface area (TPSA) is 173 Å². The number of amides is 1. The van der Waals surface area contributed by atoms with Crippen LogP contribution in [0.2, 0.25) is 0 Å². The van der Waals surface area contributed by atoms with Crippen LogP contribution in [0.5, 0.6) is 0 Å². The van der Waals surface area contributed by atoms with E-state index < -0.39 is 20.9 Å². The Morgan fingerprint density at radius 3 is 2.67 bits per heavy atom. The van der Waals surface area contributed by atoms with Gasteiger partial charge in [-0.15, -0.1) is 0 Å². The maximum atomic E-state index is 11.9. The summed E-state index contributed by atoms with van der Waals surface area (Å²) in [5.74, 6) is -0.496. The number of carbonyl (C=O) groups is 1. The van der Waals surface area contributed by atoms with Crippen LogP contribution in [0.1, 0.15) is 0 Å². The van der Waals surface area contributed by atoms with Crippen molar-refractivity contribution in [1.82, 2.24) is 0 Å².